The number of primary amides is 1. The second-order valence-corrected chi connectivity index (χ2v) is 3.16. The van der Waals surface area contributed by atoms with E-state index in [9.17, 15) is 14.0 Å². The molecule has 0 aliphatic rings. The zero-order valence-electron chi connectivity index (χ0n) is 8.24. The summed E-state index contributed by atoms with van der Waals surface area (Å²) in [5, 5.41) is 0. The number of hydrogen-bond acceptors (Lipinski definition) is 2. The average Bonchev–Trinajstić information content (AvgIpc) is 2.16. The van der Waals surface area contributed by atoms with Gasteiger partial charge in [0.05, 0.1) is 0 Å². The molecule has 0 aliphatic heterocycles. The third-order valence-corrected chi connectivity index (χ3v) is 1.87. The Kier molecular flexibility index (Phi) is 3.38. The van der Waals surface area contributed by atoms with Crippen LogP contribution < -0.4 is 5.73 Å². The first-order chi connectivity index (χ1) is 7.00. The Balaban J connectivity index is 2.70. The van der Waals surface area contributed by atoms with Gasteiger partial charge >= 0.3 is 11.8 Å². The van der Waals surface area contributed by atoms with Gasteiger partial charge in [0.2, 0.25) is 0 Å². The minimum Gasteiger partial charge on any atom is -0.361 e. The van der Waals surface area contributed by atoms with Crippen molar-refractivity contribution in [3.63, 3.8) is 0 Å². The van der Waals surface area contributed by atoms with Crippen LogP contribution in [-0.4, -0.2) is 23.8 Å². The van der Waals surface area contributed by atoms with Crippen LogP contribution in [-0.2, 0) is 16.1 Å². The molecule has 0 atom stereocenters. The normalized spacial score (nSPS) is 9.73. The SMILES string of the molecule is CN(Cc1cccc(F)c1)C(=O)C(N)=O. The van der Waals surface area contributed by atoms with Gasteiger partial charge in [0, 0.05) is 13.6 Å². The second kappa shape index (κ2) is 4.54. The highest BCUT2D eigenvalue weighted by Crippen LogP contribution is 2.06. The molecule has 80 valence electrons. The number of halogens is 1. The van der Waals surface area contributed by atoms with Gasteiger partial charge in [-0.3, -0.25) is 9.59 Å². The Bertz CT molecular complexity index is 393. The molecule has 1 rings (SSSR count). The maximum Gasteiger partial charge on any atom is 0.311 e. The van der Waals surface area contributed by atoms with Crippen molar-refractivity contribution < 1.29 is 14.0 Å². The first-order valence-corrected chi connectivity index (χ1v) is 4.30. The van der Waals surface area contributed by atoms with Gasteiger partial charge in [0.1, 0.15) is 5.82 Å². The molecule has 0 radical (unpaired) electrons. The lowest BCUT2D eigenvalue weighted by molar-refractivity contribution is -0.143. The van der Waals surface area contributed by atoms with E-state index in [0.29, 0.717) is 5.56 Å². The van der Waals surface area contributed by atoms with Crippen LogP contribution in [0.1, 0.15) is 5.56 Å². The van der Waals surface area contributed by atoms with E-state index < -0.39 is 11.8 Å². The number of hydrogen-bond donors (Lipinski definition) is 1. The van der Waals surface area contributed by atoms with Crippen LogP contribution in [0.3, 0.4) is 0 Å². The molecule has 0 fully saturated rings. The quantitative estimate of drug-likeness (QED) is 0.712. The molecule has 0 bridgehead atoms. The minimum atomic E-state index is -1.02. The smallest absolute Gasteiger partial charge is 0.311 e. The number of likely N-dealkylation sites (N-methyl/N-ethyl adjacent to an activating group) is 1. The fraction of sp³-hybridized carbons (Fsp3) is 0.200. The summed E-state index contributed by atoms with van der Waals surface area (Å²) >= 11 is 0. The third kappa shape index (κ3) is 3.05. The van der Waals surface area contributed by atoms with Crippen molar-refractivity contribution in [2.45, 2.75) is 6.54 Å². The van der Waals surface area contributed by atoms with Gasteiger partial charge in [-0.2, -0.15) is 0 Å². The molecule has 0 saturated carbocycles. The summed E-state index contributed by atoms with van der Waals surface area (Å²) in [5.41, 5.74) is 5.42. The molecule has 2 N–H and O–H groups in total. The lowest BCUT2D eigenvalue weighted by atomic mass is 10.2. The first kappa shape index (κ1) is 11.2. The summed E-state index contributed by atoms with van der Waals surface area (Å²) in [6.07, 6.45) is 0. The van der Waals surface area contributed by atoms with E-state index in [4.69, 9.17) is 5.73 Å². The van der Waals surface area contributed by atoms with Gasteiger partial charge in [-0.1, -0.05) is 12.1 Å². The number of nitrogens with two attached hydrogens (primary N) is 1. The van der Waals surface area contributed by atoms with E-state index in [1.54, 1.807) is 6.07 Å². The van der Waals surface area contributed by atoms with Crippen LogP contribution in [0.4, 0.5) is 4.39 Å². The summed E-state index contributed by atoms with van der Waals surface area (Å²) in [6, 6.07) is 5.80. The highest BCUT2D eigenvalue weighted by atomic mass is 19.1. The zero-order chi connectivity index (χ0) is 11.4. The molecule has 0 unspecified atom stereocenters. The van der Waals surface area contributed by atoms with Gasteiger partial charge in [-0.25, -0.2) is 4.39 Å². The lowest BCUT2D eigenvalue weighted by Gasteiger charge is -2.14. The molecule has 1 aromatic rings. The minimum absolute atomic E-state index is 0.152. The molecular formula is C10H11FN2O2. The fourth-order valence-electron chi connectivity index (χ4n) is 1.17. The molecule has 5 heteroatoms. The summed E-state index contributed by atoms with van der Waals surface area (Å²) in [7, 11) is 1.43. The molecular weight excluding hydrogens is 199 g/mol. The number of carbonyl (C=O) groups is 2. The fourth-order valence-corrected chi connectivity index (χ4v) is 1.17. The molecule has 0 aromatic heterocycles. The Morgan fingerprint density at radius 3 is 2.67 bits per heavy atom. The van der Waals surface area contributed by atoms with Crippen molar-refractivity contribution >= 4 is 11.8 Å². The Morgan fingerprint density at radius 2 is 2.13 bits per heavy atom. The Hall–Kier alpha value is -1.91. The number of rotatable bonds is 2. The van der Waals surface area contributed by atoms with Crippen LogP contribution in [0.2, 0.25) is 0 Å². The van der Waals surface area contributed by atoms with Gasteiger partial charge in [0.15, 0.2) is 0 Å². The van der Waals surface area contributed by atoms with Crippen molar-refractivity contribution in [1.82, 2.24) is 4.90 Å². The number of nitrogens with zero attached hydrogens (tertiary/aromatic N) is 1. The molecule has 2 amide bonds. The van der Waals surface area contributed by atoms with Gasteiger partial charge in [-0.05, 0) is 17.7 Å². The summed E-state index contributed by atoms with van der Waals surface area (Å²) in [5.74, 6) is -2.19. The van der Waals surface area contributed by atoms with Crippen molar-refractivity contribution in [2.75, 3.05) is 7.05 Å². The van der Waals surface area contributed by atoms with Crippen LogP contribution in [0.15, 0.2) is 24.3 Å². The predicted octanol–water partition coefficient (Wildman–Crippen LogP) is 0.269. The standard InChI is InChI=1S/C10H11FN2O2/c1-13(10(15)9(12)14)6-7-3-2-4-8(11)5-7/h2-5H,6H2,1H3,(H2,12,14). The number of carbonyl (C=O) groups excluding carboxylic acids is 2. The van der Waals surface area contributed by atoms with E-state index >= 15 is 0 Å². The number of amides is 2. The molecule has 4 nitrogen and oxygen atoms in total. The van der Waals surface area contributed by atoms with Crippen molar-refractivity contribution in [3.05, 3.63) is 35.6 Å². The molecule has 0 saturated heterocycles. The Labute approximate surface area is 86.5 Å². The summed E-state index contributed by atoms with van der Waals surface area (Å²) in [6.45, 7) is 0.152. The third-order valence-electron chi connectivity index (χ3n) is 1.87. The molecule has 1 aromatic carbocycles. The van der Waals surface area contributed by atoms with Crippen molar-refractivity contribution in [1.29, 1.82) is 0 Å². The monoisotopic (exact) mass is 210 g/mol. The van der Waals surface area contributed by atoms with Crippen LogP contribution in [0, 0.1) is 5.82 Å². The van der Waals surface area contributed by atoms with E-state index in [1.165, 1.54) is 25.2 Å². The van der Waals surface area contributed by atoms with Gasteiger partial charge < -0.3 is 10.6 Å². The van der Waals surface area contributed by atoms with Gasteiger partial charge in [0.25, 0.3) is 0 Å². The van der Waals surface area contributed by atoms with E-state index in [1.807, 2.05) is 0 Å². The maximum atomic E-state index is 12.8. The lowest BCUT2D eigenvalue weighted by Crippen LogP contribution is -2.37. The summed E-state index contributed by atoms with van der Waals surface area (Å²) < 4.78 is 12.8. The predicted molar refractivity (Wildman–Crippen MR) is 52.1 cm³/mol. The zero-order valence-corrected chi connectivity index (χ0v) is 8.24. The number of benzene rings is 1. The summed E-state index contributed by atoms with van der Waals surface area (Å²) in [4.78, 5) is 22.8. The van der Waals surface area contributed by atoms with E-state index in [-0.39, 0.29) is 12.4 Å². The highest BCUT2D eigenvalue weighted by molar-refractivity contribution is 6.34. The van der Waals surface area contributed by atoms with Gasteiger partial charge in [-0.15, -0.1) is 0 Å². The largest absolute Gasteiger partial charge is 0.361 e. The van der Waals surface area contributed by atoms with Crippen molar-refractivity contribution in [2.24, 2.45) is 5.73 Å². The van der Waals surface area contributed by atoms with E-state index in [2.05, 4.69) is 0 Å². The maximum absolute atomic E-state index is 12.8. The first-order valence-electron chi connectivity index (χ1n) is 4.30. The second-order valence-electron chi connectivity index (χ2n) is 3.16. The van der Waals surface area contributed by atoms with Crippen LogP contribution >= 0.6 is 0 Å². The van der Waals surface area contributed by atoms with Crippen molar-refractivity contribution in [3.8, 4) is 0 Å². The van der Waals surface area contributed by atoms with Crippen LogP contribution in [0.5, 0.6) is 0 Å². The van der Waals surface area contributed by atoms with E-state index in [0.717, 1.165) is 4.90 Å². The topological polar surface area (TPSA) is 63.4 Å². The molecule has 0 heterocycles. The molecule has 15 heavy (non-hydrogen) atoms. The highest BCUT2D eigenvalue weighted by Gasteiger charge is 2.14. The molecule has 0 aliphatic carbocycles. The average molecular weight is 210 g/mol. The van der Waals surface area contributed by atoms with Crippen LogP contribution in [0.25, 0.3) is 0 Å². The molecule has 0 spiro atoms. The Morgan fingerprint density at radius 1 is 1.47 bits per heavy atom.